The summed E-state index contributed by atoms with van der Waals surface area (Å²) in [5.41, 5.74) is 0. The first-order valence-electron chi connectivity index (χ1n) is 6.04. The van der Waals surface area contributed by atoms with Gasteiger partial charge in [-0.1, -0.05) is 0 Å². The molecule has 3 nitrogen and oxygen atoms in total. The third kappa shape index (κ3) is 4.48. The van der Waals surface area contributed by atoms with E-state index in [1.807, 2.05) is 17.8 Å². The van der Waals surface area contributed by atoms with Crippen molar-refractivity contribution >= 4 is 35.1 Å². The van der Waals surface area contributed by atoms with E-state index in [1.165, 1.54) is 35.4 Å². The minimum absolute atomic E-state index is 0.894. The first-order chi connectivity index (χ1) is 8.74. The maximum atomic E-state index is 10.4. The summed E-state index contributed by atoms with van der Waals surface area (Å²) in [6.07, 6.45) is 4.12. The minimum Gasteiger partial charge on any atom is -0.478 e. The van der Waals surface area contributed by atoms with E-state index in [9.17, 15) is 4.79 Å². The quantitative estimate of drug-likeness (QED) is 0.863. The van der Waals surface area contributed by atoms with Gasteiger partial charge in [-0.05, 0) is 36.9 Å². The van der Waals surface area contributed by atoms with Crippen LogP contribution in [0.5, 0.6) is 0 Å². The number of hydrogen-bond acceptors (Lipinski definition) is 4. The van der Waals surface area contributed by atoms with Crippen LogP contribution in [0.15, 0.2) is 18.2 Å². The van der Waals surface area contributed by atoms with Crippen molar-refractivity contribution in [3.05, 3.63) is 28.0 Å². The van der Waals surface area contributed by atoms with E-state index in [1.54, 1.807) is 17.4 Å². The molecule has 1 N–H and O–H groups in total. The van der Waals surface area contributed by atoms with Crippen molar-refractivity contribution in [1.29, 1.82) is 0 Å². The summed E-state index contributed by atoms with van der Waals surface area (Å²) in [6, 6.07) is 4.09. The molecule has 0 amide bonds. The highest BCUT2D eigenvalue weighted by atomic mass is 32.2. The van der Waals surface area contributed by atoms with Crippen LogP contribution >= 0.6 is 23.1 Å². The van der Waals surface area contributed by atoms with Crippen LogP contribution in [0, 0.1) is 0 Å². The molecule has 1 aromatic rings. The summed E-state index contributed by atoms with van der Waals surface area (Å²) in [6.45, 7) is 3.32. The number of nitrogens with zero attached hydrogens (tertiary/aromatic N) is 1. The zero-order chi connectivity index (χ0) is 12.8. The van der Waals surface area contributed by atoms with Crippen LogP contribution in [0.1, 0.15) is 16.2 Å². The van der Waals surface area contributed by atoms with Crippen molar-refractivity contribution in [2.45, 2.75) is 13.0 Å². The molecule has 0 atom stereocenters. The monoisotopic (exact) mass is 283 g/mol. The van der Waals surface area contributed by atoms with Crippen LogP contribution in [0.3, 0.4) is 0 Å². The van der Waals surface area contributed by atoms with Crippen LogP contribution < -0.4 is 0 Å². The average molecular weight is 283 g/mol. The maximum absolute atomic E-state index is 10.4. The number of aliphatic carboxylic acids is 1. The van der Waals surface area contributed by atoms with Crippen molar-refractivity contribution in [1.82, 2.24) is 4.90 Å². The number of carboxylic acids is 1. The highest BCUT2D eigenvalue weighted by Crippen LogP contribution is 2.21. The van der Waals surface area contributed by atoms with Crippen molar-refractivity contribution in [3.63, 3.8) is 0 Å². The fourth-order valence-corrected chi connectivity index (χ4v) is 3.78. The number of carboxylic acid groups (broad SMARTS) is 1. The van der Waals surface area contributed by atoms with Crippen LogP contribution in [0.25, 0.3) is 6.08 Å². The standard InChI is InChI=1S/C13H17NO2S2/c15-13(16)5-4-11-2-3-12(18-11)10-14-6-1-8-17-9-7-14/h2-5H,1,6-10H2,(H,15,16)/b5-4+. The Hall–Kier alpha value is -0.780. The number of carbonyl (C=O) groups is 1. The molecule has 18 heavy (non-hydrogen) atoms. The third-order valence-electron chi connectivity index (χ3n) is 2.77. The van der Waals surface area contributed by atoms with Crippen LogP contribution in [0.4, 0.5) is 0 Å². The molecule has 5 heteroatoms. The normalized spacial score (nSPS) is 18.0. The van der Waals surface area contributed by atoms with Gasteiger partial charge in [0.15, 0.2) is 0 Å². The number of thioether (sulfide) groups is 1. The van der Waals surface area contributed by atoms with E-state index in [0.29, 0.717) is 0 Å². The molecule has 0 aromatic carbocycles. The molecule has 0 unspecified atom stereocenters. The van der Waals surface area contributed by atoms with E-state index in [4.69, 9.17) is 5.11 Å². The molecule has 1 aliphatic heterocycles. The Morgan fingerprint density at radius 1 is 1.39 bits per heavy atom. The molecule has 2 heterocycles. The summed E-state index contributed by atoms with van der Waals surface area (Å²) < 4.78 is 0. The predicted molar refractivity (Wildman–Crippen MR) is 78.2 cm³/mol. The minimum atomic E-state index is -0.894. The van der Waals surface area contributed by atoms with Gasteiger partial charge in [0.1, 0.15) is 0 Å². The van der Waals surface area contributed by atoms with Crippen LogP contribution in [-0.2, 0) is 11.3 Å². The van der Waals surface area contributed by atoms with Gasteiger partial charge in [-0.2, -0.15) is 11.8 Å². The van der Waals surface area contributed by atoms with Gasteiger partial charge in [0, 0.05) is 34.7 Å². The van der Waals surface area contributed by atoms with Gasteiger partial charge < -0.3 is 5.11 Å². The van der Waals surface area contributed by atoms with Gasteiger partial charge >= 0.3 is 5.97 Å². The van der Waals surface area contributed by atoms with E-state index in [0.717, 1.165) is 18.0 Å². The van der Waals surface area contributed by atoms with Gasteiger partial charge in [-0.25, -0.2) is 4.79 Å². The molecule has 98 valence electrons. The molecule has 0 aliphatic carbocycles. The summed E-state index contributed by atoms with van der Waals surface area (Å²) in [7, 11) is 0. The molecule has 1 aliphatic rings. The molecule has 2 rings (SSSR count). The van der Waals surface area contributed by atoms with E-state index >= 15 is 0 Å². The molecule has 1 aromatic heterocycles. The predicted octanol–water partition coefficient (Wildman–Crippen LogP) is 2.78. The molecule has 1 fully saturated rings. The largest absolute Gasteiger partial charge is 0.478 e. The first kappa shape index (κ1) is 13.6. The summed E-state index contributed by atoms with van der Waals surface area (Å²) in [5.74, 6) is 1.60. The van der Waals surface area contributed by atoms with Crippen molar-refractivity contribution in [3.8, 4) is 0 Å². The van der Waals surface area contributed by atoms with Crippen molar-refractivity contribution < 1.29 is 9.90 Å². The van der Waals surface area contributed by atoms with Crippen molar-refractivity contribution in [2.24, 2.45) is 0 Å². The SMILES string of the molecule is O=C(O)/C=C/c1ccc(CN2CCCSCC2)s1. The zero-order valence-electron chi connectivity index (χ0n) is 10.2. The number of thiophene rings is 1. The fourth-order valence-electron chi connectivity index (χ4n) is 1.90. The molecular weight excluding hydrogens is 266 g/mol. The topological polar surface area (TPSA) is 40.5 Å². The van der Waals surface area contributed by atoms with E-state index in [-0.39, 0.29) is 0 Å². The second-order valence-electron chi connectivity index (χ2n) is 4.22. The molecule has 0 bridgehead atoms. The summed E-state index contributed by atoms with van der Waals surface area (Å²) in [4.78, 5) is 15.2. The number of rotatable bonds is 4. The van der Waals surface area contributed by atoms with Gasteiger partial charge in [-0.15, -0.1) is 11.3 Å². The second kappa shape index (κ2) is 6.97. The zero-order valence-corrected chi connectivity index (χ0v) is 11.8. The lowest BCUT2D eigenvalue weighted by Gasteiger charge is -2.17. The molecule has 0 spiro atoms. The Morgan fingerprint density at radius 2 is 2.28 bits per heavy atom. The van der Waals surface area contributed by atoms with Gasteiger partial charge in [0.25, 0.3) is 0 Å². The Bertz CT molecular complexity index is 420. The Labute approximate surface area is 115 Å². The van der Waals surface area contributed by atoms with Crippen LogP contribution in [0.2, 0.25) is 0 Å². The smallest absolute Gasteiger partial charge is 0.328 e. The fraction of sp³-hybridized carbons (Fsp3) is 0.462. The number of hydrogen-bond donors (Lipinski definition) is 1. The van der Waals surface area contributed by atoms with E-state index < -0.39 is 5.97 Å². The summed E-state index contributed by atoms with van der Waals surface area (Å²) >= 11 is 3.71. The van der Waals surface area contributed by atoms with Gasteiger partial charge in [0.05, 0.1) is 0 Å². The Kier molecular flexibility index (Phi) is 5.28. The lowest BCUT2D eigenvalue weighted by molar-refractivity contribution is -0.131. The van der Waals surface area contributed by atoms with Crippen LogP contribution in [-0.4, -0.2) is 40.6 Å². The lowest BCUT2D eigenvalue weighted by Crippen LogP contribution is -2.24. The Balaban J connectivity index is 1.91. The third-order valence-corrected chi connectivity index (χ3v) is 4.85. The molecule has 0 saturated carbocycles. The first-order valence-corrected chi connectivity index (χ1v) is 8.01. The lowest BCUT2D eigenvalue weighted by atomic mass is 10.3. The van der Waals surface area contributed by atoms with Gasteiger partial charge in [0.2, 0.25) is 0 Å². The van der Waals surface area contributed by atoms with E-state index in [2.05, 4.69) is 11.0 Å². The second-order valence-corrected chi connectivity index (χ2v) is 6.64. The summed E-state index contributed by atoms with van der Waals surface area (Å²) in [5, 5.41) is 8.58. The highest BCUT2D eigenvalue weighted by molar-refractivity contribution is 7.99. The molecule has 0 radical (unpaired) electrons. The molecular formula is C13H17NO2S2. The molecule has 1 saturated heterocycles. The Morgan fingerprint density at radius 3 is 3.11 bits per heavy atom. The van der Waals surface area contributed by atoms with Crippen molar-refractivity contribution in [2.75, 3.05) is 24.6 Å². The average Bonchev–Trinajstić information content (AvgIpc) is 2.62. The maximum Gasteiger partial charge on any atom is 0.328 e. The highest BCUT2D eigenvalue weighted by Gasteiger charge is 2.10. The van der Waals surface area contributed by atoms with Gasteiger partial charge in [-0.3, -0.25) is 4.90 Å².